The van der Waals surface area contributed by atoms with Gasteiger partial charge in [-0.2, -0.15) is 0 Å². The Morgan fingerprint density at radius 1 is 1.67 bits per heavy atom. The summed E-state index contributed by atoms with van der Waals surface area (Å²) < 4.78 is 1.99. The zero-order valence-electron chi connectivity index (χ0n) is 5.26. The standard InChI is InChI=1S/C7H7N.Ti/c1-6-3-4-8-7(2)5-6;/h2-5H,1H3;. The Kier molecular flexibility index (Phi) is 2.32. The van der Waals surface area contributed by atoms with E-state index in [4.69, 9.17) is 0 Å². The molecule has 0 unspecified atom stereocenters. The summed E-state index contributed by atoms with van der Waals surface area (Å²) in [5.41, 5.74) is 2.31. The molecule has 0 saturated heterocycles. The van der Waals surface area contributed by atoms with Crippen LogP contribution < -0.4 is 0 Å². The Bertz CT molecular complexity index is 220. The van der Waals surface area contributed by atoms with Crippen LogP contribution >= 0.6 is 0 Å². The summed E-state index contributed by atoms with van der Waals surface area (Å²) in [4.78, 5) is 4.10. The molecule has 1 aromatic rings. The molecule has 44 valence electrons. The van der Waals surface area contributed by atoms with E-state index in [0.29, 0.717) is 0 Å². The Morgan fingerprint density at radius 3 is 2.89 bits per heavy atom. The molecule has 9 heavy (non-hydrogen) atoms. The molecule has 0 radical (unpaired) electrons. The van der Waals surface area contributed by atoms with Crippen LogP contribution in [-0.2, 0) is 20.0 Å². The van der Waals surface area contributed by atoms with E-state index in [1.165, 1.54) is 5.56 Å². The van der Waals surface area contributed by atoms with Crippen molar-refractivity contribution in [3.63, 3.8) is 0 Å². The van der Waals surface area contributed by atoms with Gasteiger partial charge in [-0.1, -0.05) is 0 Å². The molecular formula is C7H7NTi. The molecular weight excluding hydrogens is 146 g/mol. The van der Waals surface area contributed by atoms with Crippen molar-refractivity contribution in [2.24, 2.45) is 0 Å². The predicted octanol–water partition coefficient (Wildman–Crippen LogP) is 1.09. The van der Waals surface area contributed by atoms with Crippen molar-refractivity contribution >= 4 is 4.31 Å². The van der Waals surface area contributed by atoms with Gasteiger partial charge in [-0.05, 0) is 0 Å². The third-order valence-corrected chi connectivity index (χ3v) is 1.55. The third kappa shape index (κ3) is 1.85. The van der Waals surface area contributed by atoms with Crippen molar-refractivity contribution in [3.05, 3.63) is 29.6 Å². The number of rotatable bonds is 1. The molecule has 0 aliphatic heterocycles. The molecule has 1 heterocycles. The van der Waals surface area contributed by atoms with Crippen molar-refractivity contribution in [2.75, 3.05) is 0 Å². The molecule has 1 rings (SSSR count). The molecule has 0 fully saturated rings. The van der Waals surface area contributed by atoms with E-state index in [-0.39, 0.29) is 0 Å². The molecule has 0 atom stereocenters. The normalized spacial score (nSPS) is 8.89. The van der Waals surface area contributed by atoms with Crippen LogP contribution in [0.1, 0.15) is 11.3 Å². The number of nitrogens with zero attached hydrogens (tertiary/aromatic N) is 1. The van der Waals surface area contributed by atoms with E-state index in [2.05, 4.69) is 18.0 Å². The van der Waals surface area contributed by atoms with Gasteiger partial charge in [0.1, 0.15) is 0 Å². The van der Waals surface area contributed by atoms with Gasteiger partial charge in [-0.3, -0.25) is 0 Å². The fraction of sp³-hybridized carbons (Fsp3) is 0.143. The number of hydrogen-bond donors (Lipinski definition) is 0. The van der Waals surface area contributed by atoms with Gasteiger partial charge in [-0.25, -0.2) is 0 Å². The fourth-order valence-corrected chi connectivity index (χ4v) is 0.885. The molecule has 0 bridgehead atoms. The average molecular weight is 153 g/mol. The molecule has 0 saturated carbocycles. The minimum absolute atomic E-state index is 1.05. The third-order valence-electron chi connectivity index (χ3n) is 1.08. The SMILES string of the molecule is Cc1ccnc([CH]=[Ti])c1. The first-order valence-electron chi connectivity index (χ1n) is 2.76. The second-order valence-electron chi connectivity index (χ2n) is 1.90. The van der Waals surface area contributed by atoms with E-state index in [1.54, 1.807) is 0 Å². The van der Waals surface area contributed by atoms with Crippen molar-refractivity contribution in [2.45, 2.75) is 6.92 Å². The molecule has 0 aliphatic rings. The molecule has 2 heteroatoms. The summed E-state index contributed by atoms with van der Waals surface area (Å²) >= 11 is 1.99. The monoisotopic (exact) mass is 153 g/mol. The van der Waals surface area contributed by atoms with E-state index in [1.807, 2.05) is 36.5 Å². The van der Waals surface area contributed by atoms with Gasteiger partial charge in [0.15, 0.2) is 0 Å². The first-order valence-corrected chi connectivity index (χ1v) is 3.66. The van der Waals surface area contributed by atoms with Gasteiger partial charge in [0.05, 0.1) is 0 Å². The maximum atomic E-state index is 4.10. The van der Waals surface area contributed by atoms with Crippen molar-refractivity contribution in [1.82, 2.24) is 4.98 Å². The van der Waals surface area contributed by atoms with Gasteiger partial charge in [-0.15, -0.1) is 0 Å². The van der Waals surface area contributed by atoms with Crippen LogP contribution in [0.3, 0.4) is 0 Å². The second kappa shape index (κ2) is 3.04. The van der Waals surface area contributed by atoms with Gasteiger partial charge >= 0.3 is 65.8 Å². The molecule has 0 amide bonds. The summed E-state index contributed by atoms with van der Waals surface area (Å²) in [6, 6.07) is 4.05. The average Bonchev–Trinajstić information content (AvgIpc) is 1.88. The zero-order chi connectivity index (χ0) is 6.69. The molecule has 0 N–H and O–H groups in total. The Balaban J connectivity index is 3.07. The zero-order valence-corrected chi connectivity index (χ0v) is 6.82. The first kappa shape index (κ1) is 6.85. The minimum atomic E-state index is 1.05. The fourth-order valence-electron chi connectivity index (χ4n) is 0.638. The van der Waals surface area contributed by atoms with Crippen LogP contribution in [0.15, 0.2) is 18.3 Å². The van der Waals surface area contributed by atoms with Crippen molar-refractivity contribution in [1.29, 1.82) is 0 Å². The summed E-state index contributed by atoms with van der Waals surface area (Å²) in [7, 11) is 0. The van der Waals surface area contributed by atoms with Crippen LogP contribution in [0.2, 0.25) is 0 Å². The van der Waals surface area contributed by atoms with Crippen LogP contribution in [0.5, 0.6) is 0 Å². The van der Waals surface area contributed by atoms with E-state index in [9.17, 15) is 0 Å². The van der Waals surface area contributed by atoms with Crippen LogP contribution in [0.4, 0.5) is 0 Å². The Labute approximate surface area is 66.0 Å². The van der Waals surface area contributed by atoms with Gasteiger partial charge in [0.2, 0.25) is 0 Å². The van der Waals surface area contributed by atoms with Gasteiger partial charge in [0, 0.05) is 0 Å². The quantitative estimate of drug-likeness (QED) is 0.550. The topological polar surface area (TPSA) is 12.9 Å². The first-order chi connectivity index (χ1) is 4.33. The Morgan fingerprint density at radius 2 is 2.44 bits per heavy atom. The molecule has 0 spiro atoms. The molecule has 1 nitrogen and oxygen atoms in total. The summed E-state index contributed by atoms with van der Waals surface area (Å²) in [6.07, 6.45) is 1.82. The van der Waals surface area contributed by atoms with Crippen molar-refractivity contribution in [3.8, 4) is 0 Å². The van der Waals surface area contributed by atoms with Crippen LogP contribution in [-0.4, -0.2) is 9.30 Å². The molecule has 0 aliphatic carbocycles. The molecule has 1 aromatic heterocycles. The van der Waals surface area contributed by atoms with Gasteiger partial charge in [0.25, 0.3) is 0 Å². The number of aryl methyl sites for hydroxylation is 1. The predicted molar refractivity (Wildman–Crippen MR) is 34.1 cm³/mol. The second-order valence-corrected chi connectivity index (χ2v) is 2.35. The van der Waals surface area contributed by atoms with Crippen molar-refractivity contribution < 1.29 is 20.0 Å². The van der Waals surface area contributed by atoms with Crippen LogP contribution in [0, 0.1) is 6.92 Å². The maximum absolute atomic E-state index is 4.10. The van der Waals surface area contributed by atoms with Gasteiger partial charge < -0.3 is 0 Å². The number of hydrogen-bond acceptors (Lipinski definition) is 1. The summed E-state index contributed by atoms with van der Waals surface area (Å²) in [6.45, 7) is 2.06. The number of pyridine rings is 1. The summed E-state index contributed by atoms with van der Waals surface area (Å²) in [5.74, 6) is 0. The van der Waals surface area contributed by atoms with E-state index < -0.39 is 0 Å². The number of aromatic nitrogens is 1. The molecule has 0 aromatic carbocycles. The summed E-state index contributed by atoms with van der Waals surface area (Å²) in [5, 5.41) is 0. The Hall–Kier alpha value is -0.266. The van der Waals surface area contributed by atoms with Crippen LogP contribution in [0.25, 0.3) is 0 Å². The van der Waals surface area contributed by atoms with E-state index >= 15 is 0 Å². The van der Waals surface area contributed by atoms with E-state index in [0.717, 1.165) is 5.69 Å².